The Bertz CT molecular complexity index is 655. The third-order valence-electron chi connectivity index (χ3n) is 3.99. The normalized spacial score (nSPS) is 22.0. The number of nitrogens with two attached hydrogens (primary N) is 1. The van der Waals surface area contributed by atoms with E-state index >= 15 is 0 Å². The lowest BCUT2D eigenvalue weighted by Gasteiger charge is -2.45. The number of primary sulfonamides is 1. The SMILES string of the molecule is CC1(C)CCCN(c2ccccc2S(N)(=O)=O)C1C(=O)O. The molecule has 116 valence electrons. The lowest BCUT2D eigenvalue weighted by molar-refractivity contribution is -0.142. The molecule has 3 N–H and O–H groups in total. The molecule has 0 aromatic heterocycles. The molecule has 1 heterocycles. The monoisotopic (exact) mass is 312 g/mol. The first-order valence-electron chi connectivity index (χ1n) is 6.76. The van der Waals surface area contributed by atoms with Crippen LogP contribution in [0.1, 0.15) is 26.7 Å². The molecule has 1 atom stereocenters. The van der Waals surface area contributed by atoms with Gasteiger partial charge >= 0.3 is 5.97 Å². The summed E-state index contributed by atoms with van der Waals surface area (Å²) in [6.45, 7) is 4.27. The molecule has 0 amide bonds. The van der Waals surface area contributed by atoms with E-state index in [-0.39, 0.29) is 4.90 Å². The van der Waals surface area contributed by atoms with Crippen LogP contribution in [-0.4, -0.2) is 32.1 Å². The van der Waals surface area contributed by atoms with Gasteiger partial charge in [-0.3, -0.25) is 0 Å². The van der Waals surface area contributed by atoms with Crippen LogP contribution < -0.4 is 10.0 Å². The Morgan fingerprint density at radius 2 is 2.00 bits per heavy atom. The van der Waals surface area contributed by atoms with Gasteiger partial charge in [0.2, 0.25) is 10.0 Å². The quantitative estimate of drug-likeness (QED) is 0.879. The second kappa shape index (κ2) is 5.31. The van der Waals surface area contributed by atoms with Gasteiger partial charge in [-0.2, -0.15) is 0 Å². The number of piperidine rings is 1. The average molecular weight is 312 g/mol. The Morgan fingerprint density at radius 1 is 1.38 bits per heavy atom. The minimum absolute atomic E-state index is 0.0334. The summed E-state index contributed by atoms with van der Waals surface area (Å²) < 4.78 is 23.5. The van der Waals surface area contributed by atoms with Crippen LogP contribution in [0.25, 0.3) is 0 Å². The molecule has 1 aromatic carbocycles. The van der Waals surface area contributed by atoms with Crippen LogP contribution in [0.4, 0.5) is 5.69 Å². The van der Waals surface area contributed by atoms with Crippen molar-refractivity contribution >= 4 is 21.7 Å². The highest BCUT2D eigenvalue weighted by Gasteiger charge is 2.43. The first-order chi connectivity index (χ1) is 9.64. The topological polar surface area (TPSA) is 101 Å². The van der Waals surface area contributed by atoms with Crippen molar-refractivity contribution in [3.05, 3.63) is 24.3 Å². The number of aliphatic carboxylic acids is 1. The molecule has 0 radical (unpaired) electrons. The zero-order valence-corrected chi connectivity index (χ0v) is 12.9. The number of hydrogen-bond donors (Lipinski definition) is 2. The van der Waals surface area contributed by atoms with Crippen molar-refractivity contribution in [2.24, 2.45) is 10.6 Å². The highest BCUT2D eigenvalue weighted by molar-refractivity contribution is 7.89. The molecular formula is C14H20N2O4S. The highest BCUT2D eigenvalue weighted by atomic mass is 32.2. The van der Waals surface area contributed by atoms with Crippen LogP contribution in [0.2, 0.25) is 0 Å². The maximum atomic E-state index is 11.7. The van der Waals surface area contributed by atoms with Crippen LogP contribution in [0.5, 0.6) is 0 Å². The van der Waals surface area contributed by atoms with Gasteiger partial charge in [0.15, 0.2) is 0 Å². The molecular weight excluding hydrogens is 292 g/mol. The van der Waals surface area contributed by atoms with Gasteiger partial charge in [-0.15, -0.1) is 0 Å². The average Bonchev–Trinajstić information content (AvgIpc) is 2.35. The summed E-state index contributed by atoms with van der Waals surface area (Å²) in [4.78, 5) is 13.3. The predicted molar refractivity (Wildman–Crippen MR) is 79.6 cm³/mol. The fraction of sp³-hybridized carbons (Fsp3) is 0.500. The maximum absolute atomic E-state index is 11.7. The second-order valence-electron chi connectivity index (χ2n) is 6.04. The van der Waals surface area contributed by atoms with Crippen LogP contribution >= 0.6 is 0 Å². The number of benzene rings is 1. The molecule has 2 rings (SSSR count). The number of rotatable bonds is 3. The van der Waals surface area contributed by atoms with Crippen LogP contribution in [0.15, 0.2) is 29.2 Å². The van der Waals surface area contributed by atoms with Gasteiger partial charge in [0.1, 0.15) is 10.9 Å². The first kappa shape index (κ1) is 15.8. The number of para-hydroxylation sites is 1. The van der Waals surface area contributed by atoms with E-state index in [1.165, 1.54) is 6.07 Å². The summed E-state index contributed by atoms with van der Waals surface area (Å²) in [7, 11) is -3.90. The van der Waals surface area contributed by atoms with Crippen molar-refractivity contribution in [1.82, 2.24) is 0 Å². The smallest absolute Gasteiger partial charge is 0.326 e. The van der Waals surface area contributed by atoms with Crippen LogP contribution in [0.3, 0.4) is 0 Å². The number of sulfonamides is 1. The molecule has 21 heavy (non-hydrogen) atoms. The van der Waals surface area contributed by atoms with Gasteiger partial charge < -0.3 is 10.0 Å². The molecule has 7 heteroatoms. The van der Waals surface area contributed by atoms with Crippen LogP contribution in [-0.2, 0) is 14.8 Å². The molecule has 1 aromatic rings. The maximum Gasteiger partial charge on any atom is 0.326 e. The third kappa shape index (κ3) is 3.03. The predicted octanol–water partition coefficient (Wildman–Crippen LogP) is 1.41. The van der Waals surface area contributed by atoms with Crippen molar-refractivity contribution in [3.8, 4) is 0 Å². The number of nitrogens with zero attached hydrogens (tertiary/aromatic N) is 1. The molecule has 0 saturated carbocycles. The number of carbonyl (C=O) groups is 1. The summed E-state index contributed by atoms with van der Waals surface area (Å²) in [5.74, 6) is -0.955. The van der Waals surface area contributed by atoms with E-state index in [0.717, 1.165) is 12.8 Å². The van der Waals surface area contributed by atoms with E-state index in [0.29, 0.717) is 12.2 Å². The van der Waals surface area contributed by atoms with E-state index in [1.54, 1.807) is 23.1 Å². The van der Waals surface area contributed by atoms with E-state index < -0.39 is 27.4 Å². The van der Waals surface area contributed by atoms with Gasteiger partial charge in [-0.1, -0.05) is 26.0 Å². The highest BCUT2D eigenvalue weighted by Crippen LogP contribution is 2.39. The van der Waals surface area contributed by atoms with Gasteiger partial charge in [0.25, 0.3) is 0 Å². The standard InChI is InChI=1S/C14H20N2O4S/c1-14(2)8-5-9-16(12(14)13(17)18)10-6-3-4-7-11(10)21(15,19)20/h3-4,6-7,12H,5,8-9H2,1-2H3,(H,17,18)(H2,15,19,20). The summed E-state index contributed by atoms with van der Waals surface area (Å²) in [5, 5.41) is 14.8. The molecule has 0 bridgehead atoms. The summed E-state index contributed by atoms with van der Waals surface area (Å²) >= 11 is 0. The zero-order valence-electron chi connectivity index (χ0n) is 12.1. The lowest BCUT2D eigenvalue weighted by atomic mass is 9.76. The molecule has 1 saturated heterocycles. The van der Waals surface area contributed by atoms with Gasteiger partial charge in [0.05, 0.1) is 5.69 Å². The van der Waals surface area contributed by atoms with Gasteiger partial charge in [0, 0.05) is 6.54 Å². The molecule has 1 fully saturated rings. The van der Waals surface area contributed by atoms with Gasteiger partial charge in [-0.05, 0) is 30.4 Å². The number of carboxylic acid groups (broad SMARTS) is 1. The Kier molecular flexibility index (Phi) is 3.99. The molecule has 0 spiro atoms. The van der Waals surface area contributed by atoms with E-state index in [4.69, 9.17) is 5.14 Å². The van der Waals surface area contributed by atoms with E-state index in [1.807, 2.05) is 13.8 Å². The van der Waals surface area contributed by atoms with Crippen molar-refractivity contribution in [1.29, 1.82) is 0 Å². The van der Waals surface area contributed by atoms with Crippen molar-refractivity contribution in [2.75, 3.05) is 11.4 Å². The largest absolute Gasteiger partial charge is 0.480 e. The number of carboxylic acids is 1. The van der Waals surface area contributed by atoms with Crippen molar-refractivity contribution < 1.29 is 18.3 Å². The molecule has 0 aliphatic carbocycles. The Hall–Kier alpha value is -1.60. The molecule has 1 aliphatic rings. The number of hydrogen-bond acceptors (Lipinski definition) is 4. The van der Waals surface area contributed by atoms with E-state index in [9.17, 15) is 18.3 Å². The summed E-state index contributed by atoms with van der Waals surface area (Å²) in [6.07, 6.45) is 1.58. The molecule has 1 unspecified atom stereocenters. The van der Waals surface area contributed by atoms with Crippen molar-refractivity contribution in [3.63, 3.8) is 0 Å². The first-order valence-corrected chi connectivity index (χ1v) is 8.30. The van der Waals surface area contributed by atoms with Gasteiger partial charge in [-0.25, -0.2) is 18.4 Å². The van der Waals surface area contributed by atoms with Crippen molar-refractivity contribution in [2.45, 2.75) is 37.6 Å². The summed E-state index contributed by atoms with van der Waals surface area (Å²) in [5.41, 5.74) is -0.0876. The minimum atomic E-state index is -3.90. The van der Waals surface area contributed by atoms with Crippen LogP contribution in [0, 0.1) is 5.41 Å². The zero-order chi connectivity index (χ0) is 15.8. The minimum Gasteiger partial charge on any atom is -0.480 e. The summed E-state index contributed by atoms with van der Waals surface area (Å²) in [6, 6.07) is 5.50. The molecule has 1 aliphatic heterocycles. The number of anilines is 1. The Morgan fingerprint density at radius 3 is 2.57 bits per heavy atom. The molecule has 6 nitrogen and oxygen atoms in total. The third-order valence-corrected chi connectivity index (χ3v) is 4.95. The Balaban J connectivity index is 2.57. The fourth-order valence-corrected chi connectivity index (χ4v) is 3.80. The second-order valence-corrected chi connectivity index (χ2v) is 7.57. The van der Waals surface area contributed by atoms with E-state index in [2.05, 4.69) is 0 Å². The Labute approximate surface area is 124 Å². The lowest BCUT2D eigenvalue weighted by Crippen LogP contribution is -2.54. The fourth-order valence-electron chi connectivity index (χ4n) is 3.05.